The molecule has 2 atom stereocenters. The van der Waals surface area contributed by atoms with Gasteiger partial charge in [0.2, 0.25) is 0 Å². The van der Waals surface area contributed by atoms with Crippen molar-refractivity contribution in [3.63, 3.8) is 0 Å². The van der Waals surface area contributed by atoms with Crippen LogP contribution in [0.4, 0.5) is 0 Å². The Labute approximate surface area is 119 Å². The van der Waals surface area contributed by atoms with Crippen LogP contribution in [-0.4, -0.2) is 22.4 Å². The zero-order chi connectivity index (χ0) is 14.3. The number of unbranched alkanes of at least 4 members (excludes halogenated alkanes) is 5. The van der Waals surface area contributed by atoms with Crippen molar-refractivity contribution in [2.45, 2.75) is 96.7 Å². The quantitative estimate of drug-likeness (QED) is 0.438. The van der Waals surface area contributed by atoms with E-state index in [0.717, 1.165) is 64.2 Å². The number of aliphatic hydroxyl groups excluding tert-OH is 2. The molecule has 0 aromatic carbocycles. The summed E-state index contributed by atoms with van der Waals surface area (Å²) in [5.74, 6) is 6.41. The van der Waals surface area contributed by atoms with Crippen LogP contribution in [0.25, 0.3) is 0 Å². The molecule has 2 unspecified atom stereocenters. The Morgan fingerprint density at radius 2 is 1.37 bits per heavy atom. The van der Waals surface area contributed by atoms with Gasteiger partial charge in [-0.1, -0.05) is 26.2 Å². The molecule has 0 fully saturated rings. The summed E-state index contributed by atoms with van der Waals surface area (Å²) in [6, 6.07) is 0. The molecule has 0 aliphatic heterocycles. The third-order valence-electron chi connectivity index (χ3n) is 3.26. The predicted molar refractivity (Wildman–Crippen MR) is 81.9 cm³/mol. The highest BCUT2D eigenvalue weighted by Crippen LogP contribution is 2.09. The zero-order valence-electron chi connectivity index (χ0n) is 12.8. The summed E-state index contributed by atoms with van der Waals surface area (Å²) in [4.78, 5) is 0. The van der Waals surface area contributed by atoms with Crippen LogP contribution in [0.1, 0.15) is 84.5 Å². The van der Waals surface area contributed by atoms with Gasteiger partial charge in [0, 0.05) is 12.8 Å². The SMILES string of the molecule is CCCC(O)CCCCCC#CCCCCC(C)O. The highest BCUT2D eigenvalue weighted by atomic mass is 16.3. The molecule has 0 aliphatic rings. The first-order chi connectivity index (χ1) is 9.16. The van der Waals surface area contributed by atoms with Gasteiger partial charge < -0.3 is 10.2 Å². The lowest BCUT2D eigenvalue weighted by Gasteiger charge is -2.07. The fourth-order valence-electron chi connectivity index (χ4n) is 2.08. The summed E-state index contributed by atoms with van der Waals surface area (Å²) in [5.41, 5.74) is 0. The molecule has 112 valence electrons. The predicted octanol–water partition coefficient (Wildman–Crippen LogP) is 4.04. The van der Waals surface area contributed by atoms with Crippen LogP contribution in [0.2, 0.25) is 0 Å². The van der Waals surface area contributed by atoms with E-state index in [1.54, 1.807) is 0 Å². The second-order valence-electron chi connectivity index (χ2n) is 5.49. The summed E-state index contributed by atoms with van der Waals surface area (Å²) in [5, 5.41) is 18.7. The van der Waals surface area contributed by atoms with Gasteiger partial charge in [-0.2, -0.15) is 0 Å². The van der Waals surface area contributed by atoms with Crippen molar-refractivity contribution in [1.82, 2.24) is 0 Å². The van der Waals surface area contributed by atoms with Gasteiger partial charge in [0.15, 0.2) is 0 Å². The lowest BCUT2D eigenvalue weighted by molar-refractivity contribution is 0.150. The molecule has 0 amide bonds. The van der Waals surface area contributed by atoms with Crippen molar-refractivity contribution in [1.29, 1.82) is 0 Å². The molecule has 2 nitrogen and oxygen atoms in total. The molecule has 0 aliphatic carbocycles. The second kappa shape index (κ2) is 13.9. The van der Waals surface area contributed by atoms with Gasteiger partial charge in [-0.25, -0.2) is 0 Å². The second-order valence-corrected chi connectivity index (χ2v) is 5.49. The maximum absolute atomic E-state index is 9.57. The maximum atomic E-state index is 9.57. The fourth-order valence-corrected chi connectivity index (χ4v) is 2.08. The van der Waals surface area contributed by atoms with Gasteiger partial charge in [-0.3, -0.25) is 0 Å². The average molecular weight is 268 g/mol. The molecule has 0 heterocycles. The first-order valence-electron chi connectivity index (χ1n) is 7.98. The largest absolute Gasteiger partial charge is 0.393 e. The lowest BCUT2D eigenvalue weighted by atomic mass is 10.1. The van der Waals surface area contributed by atoms with E-state index in [9.17, 15) is 5.11 Å². The molecule has 0 bridgehead atoms. The molecule has 0 radical (unpaired) electrons. The summed E-state index contributed by atoms with van der Waals surface area (Å²) in [6.45, 7) is 3.95. The number of rotatable bonds is 11. The molecule has 19 heavy (non-hydrogen) atoms. The van der Waals surface area contributed by atoms with Crippen LogP contribution in [0.5, 0.6) is 0 Å². The van der Waals surface area contributed by atoms with Crippen molar-refractivity contribution in [2.75, 3.05) is 0 Å². The summed E-state index contributed by atoms with van der Waals surface area (Å²) in [7, 11) is 0. The van der Waals surface area contributed by atoms with Gasteiger partial charge >= 0.3 is 0 Å². The van der Waals surface area contributed by atoms with Crippen molar-refractivity contribution < 1.29 is 10.2 Å². The molecular formula is C17H32O2. The van der Waals surface area contributed by atoms with Crippen LogP contribution in [0.15, 0.2) is 0 Å². The molecule has 0 saturated carbocycles. The molecule has 0 spiro atoms. The Morgan fingerprint density at radius 1 is 0.789 bits per heavy atom. The van der Waals surface area contributed by atoms with Crippen molar-refractivity contribution in [3.05, 3.63) is 0 Å². The lowest BCUT2D eigenvalue weighted by Crippen LogP contribution is -2.04. The van der Waals surface area contributed by atoms with Crippen LogP contribution < -0.4 is 0 Å². The maximum Gasteiger partial charge on any atom is 0.0540 e. The topological polar surface area (TPSA) is 40.5 Å². The molecule has 0 saturated heterocycles. The van der Waals surface area contributed by atoms with Gasteiger partial charge in [-0.05, 0) is 45.4 Å². The van der Waals surface area contributed by atoms with Gasteiger partial charge in [0.25, 0.3) is 0 Å². The van der Waals surface area contributed by atoms with Crippen LogP contribution in [0.3, 0.4) is 0 Å². The zero-order valence-corrected chi connectivity index (χ0v) is 12.8. The minimum Gasteiger partial charge on any atom is -0.393 e. The van der Waals surface area contributed by atoms with E-state index in [2.05, 4.69) is 18.8 Å². The van der Waals surface area contributed by atoms with Crippen molar-refractivity contribution in [3.8, 4) is 11.8 Å². The van der Waals surface area contributed by atoms with E-state index < -0.39 is 0 Å². The Bertz CT molecular complexity index is 237. The third-order valence-corrected chi connectivity index (χ3v) is 3.26. The smallest absolute Gasteiger partial charge is 0.0540 e. The molecule has 2 heteroatoms. The Morgan fingerprint density at radius 3 is 1.95 bits per heavy atom. The first kappa shape index (κ1) is 18.5. The Balaban J connectivity index is 3.22. The molecule has 0 rings (SSSR count). The van der Waals surface area contributed by atoms with Crippen molar-refractivity contribution in [2.24, 2.45) is 0 Å². The van der Waals surface area contributed by atoms with Crippen LogP contribution >= 0.6 is 0 Å². The van der Waals surface area contributed by atoms with E-state index in [-0.39, 0.29) is 12.2 Å². The molecular weight excluding hydrogens is 236 g/mol. The normalized spacial score (nSPS) is 13.7. The third kappa shape index (κ3) is 15.4. The number of aliphatic hydroxyl groups is 2. The minimum absolute atomic E-state index is 0.0926. The van der Waals surface area contributed by atoms with E-state index in [1.165, 1.54) is 6.42 Å². The van der Waals surface area contributed by atoms with E-state index in [1.807, 2.05) is 6.92 Å². The van der Waals surface area contributed by atoms with E-state index >= 15 is 0 Å². The average Bonchev–Trinajstić information content (AvgIpc) is 2.36. The summed E-state index contributed by atoms with van der Waals surface area (Å²) >= 11 is 0. The Hall–Kier alpha value is -0.520. The van der Waals surface area contributed by atoms with Crippen LogP contribution in [-0.2, 0) is 0 Å². The molecule has 0 aromatic heterocycles. The van der Waals surface area contributed by atoms with E-state index in [4.69, 9.17) is 5.11 Å². The number of hydrogen-bond donors (Lipinski definition) is 2. The first-order valence-corrected chi connectivity index (χ1v) is 7.98. The molecule has 0 aromatic rings. The standard InChI is InChI=1S/C17H32O2/c1-3-13-17(19)15-12-10-8-6-4-5-7-9-11-14-16(2)18/h16-19H,3,6-15H2,1-2H3. The van der Waals surface area contributed by atoms with Crippen molar-refractivity contribution >= 4 is 0 Å². The minimum atomic E-state index is -0.170. The van der Waals surface area contributed by atoms with E-state index in [0.29, 0.717) is 0 Å². The fraction of sp³-hybridized carbons (Fsp3) is 0.882. The highest BCUT2D eigenvalue weighted by Gasteiger charge is 2.00. The number of hydrogen-bond acceptors (Lipinski definition) is 2. The summed E-state index contributed by atoms with van der Waals surface area (Å²) < 4.78 is 0. The monoisotopic (exact) mass is 268 g/mol. The summed E-state index contributed by atoms with van der Waals surface area (Å²) in [6.07, 6.45) is 11.1. The van der Waals surface area contributed by atoms with Gasteiger partial charge in [0.1, 0.15) is 0 Å². The highest BCUT2D eigenvalue weighted by molar-refractivity contribution is 4.98. The molecule has 2 N–H and O–H groups in total. The van der Waals surface area contributed by atoms with Gasteiger partial charge in [0.05, 0.1) is 12.2 Å². The van der Waals surface area contributed by atoms with Gasteiger partial charge in [-0.15, -0.1) is 11.8 Å². The Kier molecular flexibility index (Phi) is 13.5. The van der Waals surface area contributed by atoms with Crippen LogP contribution in [0, 0.1) is 11.8 Å².